The highest BCUT2D eigenvalue weighted by Crippen LogP contribution is 2.14. The number of hydrogen-bond acceptors (Lipinski definition) is 4. The van der Waals surface area contributed by atoms with E-state index in [1.807, 2.05) is 0 Å². The predicted molar refractivity (Wildman–Crippen MR) is 65.6 cm³/mol. The normalized spacial score (nSPS) is 21.9. The Morgan fingerprint density at radius 1 is 1.38 bits per heavy atom. The Bertz CT molecular complexity index is 172. The highest BCUT2D eigenvalue weighted by Gasteiger charge is 2.22. The summed E-state index contributed by atoms with van der Waals surface area (Å²) in [5.41, 5.74) is 0. The van der Waals surface area contributed by atoms with Gasteiger partial charge in [-0.25, -0.2) is 0 Å². The van der Waals surface area contributed by atoms with Crippen LogP contribution in [-0.2, 0) is 4.74 Å². The maximum atomic E-state index is 9.81. The molecule has 96 valence electrons. The van der Waals surface area contributed by atoms with Gasteiger partial charge in [0, 0.05) is 39.3 Å². The summed E-state index contributed by atoms with van der Waals surface area (Å²) >= 11 is 0. The van der Waals surface area contributed by atoms with Gasteiger partial charge in [0.05, 0.1) is 12.7 Å². The fourth-order valence-corrected chi connectivity index (χ4v) is 2.40. The summed E-state index contributed by atoms with van der Waals surface area (Å²) in [6.07, 6.45) is 2.85. The van der Waals surface area contributed by atoms with Crippen LogP contribution in [0.3, 0.4) is 0 Å². The molecule has 0 aromatic heterocycles. The maximum absolute atomic E-state index is 9.81. The first-order chi connectivity index (χ1) is 7.77. The molecule has 1 heterocycles. The Kier molecular flexibility index (Phi) is 6.96. The van der Waals surface area contributed by atoms with E-state index in [9.17, 15) is 5.11 Å². The smallest absolute Gasteiger partial charge is 0.0788 e. The number of rotatable bonds is 7. The molecule has 0 spiro atoms. The van der Waals surface area contributed by atoms with Crippen molar-refractivity contribution in [3.8, 4) is 0 Å². The van der Waals surface area contributed by atoms with E-state index in [4.69, 9.17) is 4.74 Å². The first kappa shape index (κ1) is 13.9. The van der Waals surface area contributed by atoms with Gasteiger partial charge in [0.1, 0.15) is 0 Å². The van der Waals surface area contributed by atoms with Crippen LogP contribution in [-0.4, -0.2) is 62.0 Å². The van der Waals surface area contributed by atoms with E-state index < -0.39 is 0 Å². The summed E-state index contributed by atoms with van der Waals surface area (Å²) in [6.45, 7) is 7.00. The molecule has 1 aliphatic rings. The average Bonchev–Trinajstić information content (AvgIpc) is 2.30. The first-order valence-corrected chi connectivity index (χ1v) is 6.39. The van der Waals surface area contributed by atoms with Gasteiger partial charge >= 0.3 is 0 Å². The van der Waals surface area contributed by atoms with Crippen molar-refractivity contribution in [1.82, 2.24) is 10.2 Å². The number of nitrogens with zero attached hydrogens (tertiary/aromatic N) is 1. The van der Waals surface area contributed by atoms with E-state index in [1.54, 1.807) is 7.11 Å². The van der Waals surface area contributed by atoms with Crippen LogP contribution < -0.4 is 5.32 Å². The zero-order valence-corrected chi connectivity index (χ0v) is 10.6. The third-order valence-electron chi connectivity index (χ3n) is 3.19. The van der Waals surface area contributed by atoms with Crippen LogP contribution in [0.4, 0.5) is 0 Å². The standard InChI is InChI=1S/C12H26N2O2/c1-3-4-11(9-12(15)10-16-2)14-7-5-13-6-8-14/h11-13,15H,3-10H2,1-2H3. The summed E-state index contributed by atoms with van der Waals surface area (Å²) in [4.78, 5) is 2.50. The number of aliphatic hydroxyl groups excluding tert-OH is 1. The van der Waals surface area contributed by atoms with Gasteiger partial charge in [-0.05, 0) is 12.8 Å². The van der Waals surface area contributed by atoms with Crippen molar-refractivity contribution in [2.24, 2.45) is 0 Å². The molecule has 0 aromatic rings. The van der Waals surface area contributed by atoms with Crippen LogP contribution >= 0.6 is 0 Å². The molecule has 0 aliphatic carbocycles. The van der Waals surface area contributed by atoms with Crippen LogP contribution in [0.25, 0.3) is 0 Å². The lowest BCUT2D eigenvalue weighted by Crippen LogP contribution is -2.49. The molecule has 1 saturated heterocycles. The van der Waals surface area contributed by atoms with Gasteiger partial charge in [-0.2, -0.15) is 0 Å². The van der Waals surface area contributed by atoms with Crippen LogP contribution in [0.5, 0.6) is 0 Å². The Morgan fingerprint density at radius 2 is 2.06 bits per heavy atom. The minimum absolute atomic E-state index is 0.323. The Labute approximate surface area is 99.0 Å². The fraction of sp³-hybridized carbons (Fsp3) is 1.00. The van der Waals surface area contributed by atoms with Crippen molar-refractivity contribution in [2.75, 3.05) is 39.9 Å². The molecule has 1 rings (SSSR count). The zero-order chi connectivity index (χ0) is 11.8. The second-order valence-corrected chi connectivity index (χ2v) is 4.57. The lowest BCUT2D eigenvalue weighted by molar-refractivity contribution is 0.0313. The SMILES string of the molecule is CCCC(CC(O)COC)N1CCNCC1. The van der Waals surface area contributed by atoms with E-state index in [0.29, 0.717) is 12.6 Å². The lowest BCUT2D eigenvalue weighted by atomic mass is 10.0. The minimum Gasteiger partial charge on any atom is -0.391 e. The average molecular weight is 230 g/mol. The van der Waals surface area contributed by atoms with E-state index in [1.165, 1.54) is 12.8 Å². The second kappa shape index (κ2) is 8.01. The van der Waals surface area contributed by atoms with Gasteiger partial charge in [0.2, 0.25) is 0 Å². The van der Waals surface area contributed by atoms with Crippen molar-refractivity contribution < 1.29 is 9.84 Å². The molecule has 1 aliphatic heterocycles. The molecule has 0 radical (unpaired) electrons. The summed E-state index contributed by atoms with van der Waals surface area (Å²) < 4.78 is 4.99. The highest BCUT2D eigenvalue weighted by atomic mass is 16.5. The van der Waals surface area contributed by atoms with Gasteiger partial charge in [0.25, 0.3) is 0 Å². The number of hydrogen-bond donors (Lipinski definition) is 2. The van der Waals surface area contributed by atoms with Crippen molar-refractivity contribution in [3.63, 3.8) is 0 Å². The van der Waals surface area contributed by atoms with Crippen LogP contribution in [0, 0.1) is 0 Å². The van der Waals surface area contributed by atoms with Crippen LogP contribution in [0.2, 0.25) is 0 Å². The monoisotopic (exact) mass is 230 g/mol. The van der Waals surface area contributed by atoms with Crippen LogP contribution in [0.1, 0.15) is 26.2 Å². The van der Waals surface area contributed by atoms with Gasteiger partial charge < -0.3 is 15.2 Å². The quantitative estimate of drug-likeness (QED) is 0.667. The van der Waals surface area contributed by atoms with E-state index in [-0.39, 0.29) is 6.10 Å². The number of methoxy groups -OCH3 is 1. The molecule has 0 aromatic carbocycles. The predicted octanol–water partition coefficient (Wildman–Crippen LogP) is 0.458. The molecule has 0 saturated carbocycles. The lowest BCUT2D eigenvalue weighted by Gasteiger charge is -2.35. The molecule has 0 amide bonds. The Morgan fingerprint density at radius 3 is 2.62 bits per heavy atom. The molecular formula is C12H26N2O2. The van der Waals surface area contributed by atoms with Gasteiger partial charge in [0.15, 0.2) is 0 Å². The van der Waals surface area contributed by atoms with Gasteiger partial charge in [-0.3, -0.25) is 4.90 Å². The van der Waals surface area contributed by atoms with Crippen LogP contribution in [0.15, 0.2) is 0 Å². The van der Waals surface area contributed by atoms with Crippen molar-refractivity contribution >= 4 is 0 Å². The number of nitrogens with one attached hydrogen (secondary N) is 1. The molecule has 2 unspecified atom stereocenters. The van der Waals surface area contributed by atoms with Crippen molar-refractivity contribution in [3.05, 3.63) is 0 Å². The highest BCUT2D eigenvalue weighted by molar-refractivity contribution is 4.78. The molecule has 4 heteroatoms. The minimum atomic E-state index is -0.323. The topological polar surface area (TPSA) is 44.7 Å². The van der Waals surface area contributed by atoms with Crippen molar-refractivity contribution in [2.45, 2.75) is 38.3 Å². The summed E-state index contributed by atoms with van der Waals surface area (Å²) in [5.74, 6) is 0. The van der Waals surface area contributed by atoms with E-state index in [0.717, 1.165) is 32.6 Å². The summed E-state index contributed by atoms with van der Waals surface area (Å²) in [5, 5.41) is 13.2. The zero-order valence-electron chi connectivity index (χ0n) is 10.6. The third-order valence-corrected chi connectivity index (χ3v) is 3.19. The van der Waals surface area contributed by atoms with Gasteiger partial charge in [-0.1, -0.05) is 13.3 Å². The molecule has 0 bridgehead atoms. The Balaban J connectivity index is 2.38. The first-order valence-electron chi connectivity index (χ1n) is 6.39. The number of ether oxygens (including phenoxy) is 1. The van der Waals surface area contributed by atoms with Gasteiger partial charge in [-0.15, -0.1) is 0 Å². The van der Waals surface area contributed by atoms with E-state index in [2.05, 4.69) is 17.1 Å². The third kappa shape index (κ3) is 4.78. The fourth-order valence-electron chi connectivity index (χ4n) is 2.40. The molecular weight excluding hydrogens is 204 g/mol. The largest absolute Gasteiger partial charge is 0.391 e. The van der Waals surface area contributed by atoms with E-state index >= 15 is 0 Å². The number of piperazine rings is 1. The molecule has 2 atom stereocenters. The summed E-state index contributed by atoms with van der Waals surface area (Å²) in [7, 11) is 1.64. The molecule has 1 fully saturated rings. The molecule has 4 nitrogen and oxygen atoms in total. The second-order valence-electron chi connectivity index (χ2n) is 4.57. The Hall–Kier alpha value is -0.160. The molecule has 16 heavy (non-hydrogen) atoms. The summed E-state index contributed by atoms with van der Waals surface area (Å²) in [6, 6.07) is 0.511. The molecule has 2 N–H and O–H groups in total. The van der Waals surface area contributed by atoms with Crippen molar-refractivity contribution in [1.29, 1.82) is 0 Å². The maximum Gasteiger partial charge on any atom is 0.0788 e. The number of aliphatic hydroxyl groups is 1.